The number of nitrogens with zero attached hydrogens (tertiary/aromatic N) is 4. The summed E-state index contributed by atoms with van der Waals surface area (Å²) in [6.45, 7) is 2.66. The standard InChI is InChI=1S/C21H14FN5O.C3H6O2/c22-17-6-4-14(5-7-17)15-8-9-27-19(12-23-20(27)11-15)16-2-1-3-18(10-16)25-21-26-24-13-28-21;1-2-5-3-4/h1-13H,(H,25,26);3H,2H2,1H3. The fourth-order valence-electron chi connectivity index (χ4n) is 3.19. The van der Waals surface area contributed by atoms with E-state index in [9.17, 15) is 9.18 Å². The van der Waals surface area contributed by atoms with Crippen molar-refractivity contribution in [3.05, 3.63) is 85.3 Å². The Hall–Kier alpha value is -4.53. The molecule has 33 heavy (non-hydrogen) atoms. The molecule has 0 atom stereocenters. The lowest BCUT2D eigenvalue weighted by atomic mass is 10.1. The lowest BCUT2D eigenvalue weighted by Crippen LogP contribution is -1.92. The van der Waals surface area contributed by atoms with Crippen LogP contribution in [0.25, 0.3) is 28.0 Å². The predicted octanol–water partition coefficient (Wildman–Crippen LogP) is 5.11. The maximum Gasteiger partial charge on any atom is 0.319 e. The number of nitrogens with one attached hydrogen (secondary N) is 1. The van der Waals surface area contributed by atoms with Crippen molar-refractivity contribution in [1.29, 1.82) is 0 Å². The molecule has 3 heterocycles. The van der Waals surface area contributed by atoms with Gasteiger partial charge in [0.05, 0.1) is 18.5 Å². The molecule has 9 heteroatoms. The number of imidazole rings is 1. The molecular weight excluding hydrogens is 425 g/mol. The van der Waals surface area contributed by atoms with Gasteiger partial charge in [-0.05, 0) is 54.4 Å². The molecule has 0 aliphatic heterocycles. The highest BCUT2D eigenvalue weighted by Crippen LogP contribution is 2.27. The molecule has 0 radical (unpaired) electrons. The second kappa shape index (κ2) is 10.2. The number of aromatic nitrogens is 4. The minimum Gasteiger partial charge on any atom is -0.468 e. The molecule has 0 aliphatic rings. The van der Waals surface area contributed by atoms with Gasteiger partial charge >= 0.3 is 6.01 Å². The third-order valence-electron chi connectivity index (χ3n) is 4.70. The van der Waals surface area contributed by atoms with Crippen molar-refractivity contribution in [3.8, 4) is 22.4 Å². The molecule has 2 aromatic carbocycles. The Kier molecular flexibility index (Phi) is 6.70. The summed E-state index contributed by atoms with van der Waals surface area (Å²) in [5, 5.41) is 10.6. The van der Waals surface area contributed by atoms with Crippen LogP contribution in [0.4, 0.5) is 16.1 Å². The van der Waals surface area contributed by atoms with Crippen LogP contribution >= 0.6 is 0 Å². The van der Waals surface area contributed by atoms with Gasteiger partial charge in [0.2, 0.25) is 6.39 Å². The van der Waals surface area contributed by atoms with Crippen LogP contribution in [-0.4, -0.2) is 32.7 Å². The van der Waals surface area contributed by atoms with E-state index in [0.29, 0.717) is 19.1 Å². The van der Waals surface area contributed by atoms with Crippen LogP contribution in [0, 0.1) is 5.82 Å². The number of hydrogen-bond donors (Lipinski definition) is 1. The van der Waals surface area contributed by atoms with Crippen LogP contribution in [0.3, 0.4) is 0 Å². The summed E-state index contributed by atoms with van der Waals surface area (Å²) < 4.78 is 24.5. The summed E-state index contributed by atoms with van der Waals surface area (Å²) >= 11 is 0. The molecule has 5 aromatic rings. The number of rotatable bonds is 6. The van der Waals surface area contributed by atoms with Gasteiger partial charge in [0.15, 0.2) is 0 Å². The minimum absolute atomic E-state index is 0.248. The second-order valence-electron chi connectivity index (χ2n) is 6.80. The molecule has 0 spiro atoms. The quantitative estimate of drug-likeness (QED) is 0.363. The Morgan fingerprint density at radius 2 is 1.94 bits per heavy atom. The number of hydrogen-bond acceptors (Lipinski definition) is 7. The molecule has 8 nitrogen and oxygen atoms in total. The lowest BCUT2D eigenvalue weighted by molar-refractivity contribution is -0.128. The normalized spacial score (nSPS) is 10.4. The van der Waals surface area contributed by atoms with Crippen molar-refractivity contribution in [2.45, 2.75) is 6.92 Å². The Balaban J connectivity index is 0.000000471. The van der Waals surface area contributed by atoms with Crippen molar-refractivity contribution < 1.29 is 18.3 Å². The van der Waals surface area contributed by atoms with Crippen molar-refractivity contribution in [2.24, 2.45) is 0 Å². The molecule has 1 N–H and O–H groups in total. The Morgan fingerprint density at radius 1 is 1.09 bits per heavy atom. The van der Waals surface area contributed by atoms with Gasteiger partial charge in [0.1, 0.15) is 11.5 Å². The van der Waals surface area contributed by atoms with E-state index >= 15 is 0 Å². The van der Waals surface area contributed by atoms with Gasteiger partial charge in [-0.3, -0.25) is 9.20 Å². The van der Waals surface area contributed by atoms with Gasteiger partial charge in [-0.15, -0.1) is 5.10 Å². The zero-order chi connectivity index (χ0) is 23.0. The van der Waals surface area contributed by atoms with E-state index in [4.69, 9.17) is 4.42 Å². The summed E-state index contributed by atoms with van der Waals surface area (Å²) in [7, 11) is 0. The summed E-state index contributed by atoms with van der Waals surface area (Å²) in [6.07, 6.45) is 5.07. The van der Waals surface area contributed by atoms with E-state index in [1.807, 2.05) is 53.2 Å². The number of carbonyl (C=O) groups excluding carboxylic acids is 1. The molecular formula is C24H20FN5O3. The summed E-state index contributed by atoms with van der Waals surface area (Å²) in [4.78, 5) is 13.7. The van der Waals surface area contributed by atoms with Crippen LogP contribution < -0.4 is 5.32 Å². The van der Waals surface area contributed by atoms with Crippen molar-refractivity contribution in [2.75, 3.05) is 11.9 Å². The fraction of sp³-hybridized carbons (Fsp3) is 0.0833. The van der Waals surface area contributed by atoms with Gasteiger partial charge in [-0.1, -0.05) is 29.4 Å². The number of benzene rings is 2. The number of pyridine rings is 1. The molecule has 0 saturated heterocycles. The zero-order valence-electron chi connectivity index (χ0n) is 17.7. The number of anilines is 2. The second-order valence-corrected chi connectivity index (χ2v) is 6.80. The smallest absolute Gasteiger partial charge is 0.319 e. The van der Waals surface area contributed by atoms with Crippen LogP contribution in [0.1, 0.15) is 6.92 Å². The Labute approximate surface area is 188 Å². The first kappa shape index (κ1) is 21.7. The van der Waals surface area contributed by atoms with Crippen LogP contribution in [-0.2, 0) is 9.53 Å². The van der Waals surface area contributed by atoms with E-state index in [-0.39, 0.29) is 5.82 Å². The lowest BCUT2D eigenvalue weighted by Gasteiger charge is -2.07. The van der Waals surface area contributed by atoms with Crippen molar-refractivity contribution in [3.63, 3.8) is 0 Å². The average Bonchev–Trinajstić information content (AvgIpc) is 3.50. The minimum atomic E-state index is -0.248. The molecule has 0 fully saturated rings. The molecule has 166 valence electrons. The molecule has 0 saturated carbocycles. The summed E-state index contributed by atoms with van der Waals surface area (Å²) in [6, 6.07) is 18.6. The third kappa shape index (κ3) is 5.21. The highest BCUT2D eigenvalue weighted by Gasteiger charge is 2.09. The van der Waals surface area contributed by atoms with E-state index in [1.54, 1.807) is 19.1 Å². The number of fused-ring (bicyclic) bond motifs is 1. The number of ether oxygens (including phenoxy) is 1. The molecule has 0 amide bonds. The molecule has 3 aromatic heterocycles. The Bertz CT molecular complexity index is 1330. The fourth-order valence-corrected chi connectivity index (χ4v) is 3.19. The highest BCUT2D eigenvalue weighted by molar-refractivity contribution is 5.72. The van der Waals surface area contributed by atoms with Gasteiger partial charge in [0.25, 0.3) is 6.47 Å². The van der Waals surface area contributed by atoms with Crippen LogP contribution in [0.5, 0.6) is 0 Å². The topological polar surface area (TPSA) is 94.6 Å². The van der Waals surface area contributed by atoms with Crippen LogP contribution in [0.2, 0.25) is 0 Å². The summed E-state index contributed by atoms with van der Waals surface area (Å²) in [5.41, 5.74) is 5.52. The zero-order valence-corrected chi connectivity index (χ0v) is 17.7. The van der Waals surface area contributed by atoms with E-state index < -0.39 is 0 Å². The predicted molar refractivity (Wildman–Crippen MR) is 121 cm³/mol. The van der Waals surface area contributed by atoms with E-state index in [0.717, 1.165) is 33.7 Å². The number of carbonyl (C=O) groups is 1. The molecule has 5 rings (SSSR count). The van der Waals surface area contributed by atoms with E-state index in [2.05, 4.69) is 25.2 Å². The first-order valence-electron chi connectivity index (χ1n) is 10.1. The molecule has 0 unspecified atom stereocenters. The van der Waals surface area contributed by atoms with Gasteiger partial charge in [-0.25, -0.2) is 9.37 Å². The third-order valence-corrected chi connectivity index (χ3v) is 4.70. The van der Waals surface area contributed by atoms with Crippen molar-refractivity contribution in [1.82, 2.24) is 19.6 Å². The maximum atomic E-state index is 13.2. The number of halogens is 1. The van der Waals surface area contributed by atoms with Crippen molar-refractivity contribution >= 4 is 23.8 Å². The maximum absolute atomic E-state index is 13.2. The summed E-state index contributed by atoms with van der Waals surface area (Å²) in [5.74, 6) is -0.248. The van der Waals surface area contributed by atoms with Gasteiger partial charge < -0.3 is 14.5 Å². The highest BCUT2D eigenvalue weighted by atomic mass is 19.1. The average molecular weight is 445 g/mol. The Morgan fingerprint density at radius 3 is 2.64 bits per heavy atom. The first-order valence-corrected chi connectivity index (χ1v) is 10.1. The molecule has 0 aliphatic carbocycles. The SMILES string of the molecule is CCOC=O.Fc1ccc(-c2ccn3c(-c4cccc(Nc5nnco5)c4)cnc3c2)cc1. The van der Waals surface area contributed by atoms with Gasteiger partial charge in [0, 0.05) is 17.4 Å². The largest absolute Gasteiger partial charge is 0.468 e. The monoisotopic (exact) mass is 445 g/mol. The first-order chi connectivity index (χ1) is 16.2. The van der Waals surface area contributed by atoms with Gasteiger partial charge in [-0.2, -0.15) is 0 Å². The van der Waals surface area contributed by atoms with E-state index in [1.165, 1.54) is 18.5 Å². The van der Waals surface area contributed by atoms with Crippen LogP contribution in [0.15, 0.2) is 83.9 Å². The molecule has 0 bridgehead atoms.